The average molecular weight is 214 g/mol. The van der Waals surface area contributed by atoms with E-state index in [1.807, 2.05) is 0 Å². The van der Waals surface area contributed by atoms with E-state index in [0.717, 1.165) is 6.04 Å². The normalized spacial score (nSPS) is 34.3. The highest BCUT2D eigenvalue weighted by Gasteiger charge is 2.36. The lowest BCUT2D eigenvalue weighted by atomic mass is 9.81. The van der Waals surface area contributed by atoms with Crippen molar-refractivity contribution < 1.29 is 0 Å². The molecule has 2 aliphatic rings. The molecule has 82 valence electrons. The number of thioether (sulfide) groups is 1. The van der Waals surface area contributed by atoms with Crippen LogP contribution in [0.25, 0.3) is 0 Å². The molecule has 0 bridgehead atoms. The highest BCUT2D eigenvalue weighted by atomic mass is 32.2. The van der Waals surface area contributed by atoms with E-state index in [2.05, 4.69) is 35.8 Å². The van der Waals surface area contributed by atoms with Gasteiger partial charge >= 0.3 is 0 Å². The minimum Gasteiger partial charge on any atom is -0.314 e. The Morgan fingerprint density at radius 3 is 2.64 bits per heavy atom. The van der Waals surface area contributed by atoms with Crippen molar-refractivity contribution in [1.82, 2.24) is 10.2 Å². The van der Waals surface area contributed by atoms with Crippen LogP contribution in [0.3, 0.4) is 0 Å². The topological polar surface area (TPSA) is 15.3 Å². The molecule has 3 heteroatoms. The summed E-state index contributed by atoms with van der Waals surface area (Å²) >= 11 is 2.14. The second-order valence-corrected chi connectivity index (χ2v) is 6.27. The highest BCUT2D eigenvalue weighted by molar-refractivity contribution is 7.99. The molecule has 0 aliphatic carbocycles. The van der Waals surface area contributed by atoms with E-state index < -0.39 is 0 Å². The molecule has 0 saturated carbocycles. The quantitative estimate of drug-likeness (QED) is 0.711. The largest absolute Gasteiger partial charge is 0.314 e. The van der Waals surface area contributed by atoms with Gasteiger partial charge in [-0.3, -0.25) is 4.90 Å². The van der Waals surface area contributed by atoms with Crippen LogP contribution in [0.4, 0.5) is 0 Å². The number of hydrogen-bond acceptors (Lipinski definition) is 3. The van der Waals surface area contributed by atoms with Crippen LogP contribution in [-0.4, -0.2) is 48.6 Å². The fraction of sp³-hybridized carbons (Fsp3) is 1.00. The third kappa shape index (κ3) is 2.26. The Morgan fingerprint density at radius 1 is 1.29 bits per heavy atom. The molecule has 1 unspecified atom stereocenters. The molecule has 2 rings (SSSR count). The molecule has 1 atom stereocenters. The van der Waals surface area contributed by atoms with Crippen molar-refractivity contribution in [3.05, 3.63) is 0 Å². The predicted molar refractivity (Wildman–Crippen MR) is 64.0 cm³/mol. The van der Waals surface area contributed by atoms with Gasteiger partial charge in [-0.1, -0.05) is 13.8 Å². The third-order valence-corrected chi connectivity index (χ3v) is 4.71. The van der Waals surface area contributed by atoms with Crippen molar-refractivity contribution in [2.45, 2.75) is 26.3 Å². The fourth-order valence-corrected chi connectivity index (χ4v) is 4.24. The Hall–Kier alpha value is 0.270. The summed E-state index contributed by atoms with van der Waals surface area (Å²) in [4.78, 5) is 2.70. The van der Waals surface area contributed by atoms with Crippen LogP contribution < -0.4 is 5.32 Å². The minimum atomic E-state index is 0.530. The zero-order chi connectivity index (χ0) is 10.0. The van der Waals surface area contributed by atoms with Gasteiger partial charge in [-0.2, -0.15) is 11.8 Å². The van der Waals surface area contributed by atoms with Crippen LogP contribution in [0, 0.1) is 5.41 Å². The second-order valence-electron chi connectivity index (χ2n) is 5.12. The summed E-state index contributed by atoms with van der Waals surface area (Å²) in [6.07, 6.45) is 1.38. The Morgan fingerprint density at radius 2 is 2.00 bits per heavy atom. The standard InChI is InChI=1S/C11H22N2S/c1-11(2)3-8-14-9-10(11)13-6-4-12-5-7-13/h10,12H,3-9H2,1-2H3. The van der Waals surface area contributed by atoms with Gasteiger partial charge in [-0.15, -0.1) is 0 Å². The van der Waals surface area contributed by atoms with Crippen LogP contribution in [0.15, 0.2) is 0 Å². The first kappa shape index (κ1) is 10.8. The minimum absolute atomic E-state index is 0.530. The summed E-state index contributed by atoms with van der Waals surface area (Å²) in [5.41, 5.74) is 0.530. The molecule has 1 N–H and O–H groups in total. The summed E-state index contributed by atoms with van der Waals surface area (Å²) in [5.74, 6) is 2.70. The van der Waals surface area contributed by atoms with Crippen molar-refractivity contribution in [2.24, 2.45) is 5.41 Å². The van der Waals surface area contributed by atoms with Crippen molar-refractivity contribution in [3.8, 4) is 0 Å². The van der Waals surface area contributed by atoms with E-state index in [0.29, 0.717) is 5.41 Å². The van der Waals surface area contributed by atoms with Crippen molar-refractivity contribution in [2.75, 3.05) is 37.7 Å². The molecule has 0 amide bonds. The van der Waals surface area contributed by atoms with Gasteiger partial charge in [0.1, 0.15) is 0 Å². The smallest absolute Gasteiger partial charge is 0.0238 e. The number of hydrogen-bond donors (Lipinski definition) is 1. The maximum Gasteiger partial charge on any atom is 0.0238 e. The number of nitrogens with zero attached hydrogens (tertiary/aromatic N) is 1. The predicted octanol–water partition coefficient (Wildman–Crippen LogP) is 1.42. The van der Waals surface area contributed by atoms with E-state index in [1.165, 1.54) is 44.1 Å². The summed E-state index contributed by atoms with van der Waals surface area (Å²) in [6, 6.07) is 0.809. The first-order chi connectivity index (χ1) is 6.70. The molecule has 0 aromatic carbocycles. The van der Waals surface area contributed by atoms with Gasteiger partial charge in [-0.05, 0) is 17.6 Å². The van der Waals surface area contributed by atoms with Gasteiger partial charge in [0.05, 0.1) is 0 Å². The summed E-state index contributed by atoms with van der Waals surface area (Å²) in [6.45, 7) is 9.73. The maximum atomic E-state index is 3.43. The van der Waals surface area contributed by atoms with Crippen LogP contribution in [0.2, 0.25) is 0 Å². The van der Waals surface area contributed by atoms with Gasteiger partial charge in [0.2, 0.25) is 0 Å². The molecule has 2 heterocycles. The van der Waals surface area contributed by atoms with Gasteiger partial charge in [-0.25, -0.2) is 0 Å². The molecular weight excluding hydrogens is 192 g/mol. The van der Waals surface area contributed by atoms with Gasteiger partial charge in [0.15, 0.2) is 0 Å². The molecular formula is C11H22N2S. The SMILES string of the molecule is CC1(C)CCSCC1N1CCNCC1. The first-order valence-electron chi connectivity index (χ1n) is 5.73. The Kier molecular flexibility index (Phi) is 3.40. The van der Waals surface area contributed by atoms with Gasteiger partial charge < -0.3 is 5.32 Å². The summed E-state index contributed by atoms with van der Waals surface area (Å²) in [7, 11) is 0. The molecule has 0 radical (unpaired) electrons. The zero-order valence-electron chi connectivity index (χ0n) is 9.38. The third-order valence-electron chi connectivity index (χ3n) is 3.66. The molecule has 0 aromatic rings. The van der Waals surface area contributed by atoms with Crippen molar-refractivity contribution in [1.29, 1.82) is 0 Å². The Balaban J connectivity index is 1.99. The van der Waals surface area contributed by atoms with Crippen LogP contribution in [0.1, 0.15) is 20.3 Å². The van der Waals surface area contributed by atoms with E-state index >= 15 is 0 Å². The maximum absolute atomic E-state index is 3.43. The Bertz CT molecular complexity index is 188. The molecule has 2 fully saturated rings. The monoisotopic (exact) mass is 214 g/mol. The Labute approximate surface area is 91.8 Å². The number of nitrogens with one attached hydrogen (secondary N) is 1. The number of piperazine rings is 1. The van der Waals surface area contributed by atoms with E-state index in [-0.39, 0.29) is 0 Å². The van der Waals surface area contributed by atoms with Gasteiger partial charge in [0.25, 0.3) is 0 Å². The van der Waals surface area contributed by atoms with Crippen LogP contribution >= 0.6 is 11.8 Å². The van der Waals surface area contributed by atoms with Crippen molar-refractivity contribution >= 4 is 11.8 Å². The first-order valence-corrected chi connectivity index (χ1v) is 6.88. The second kappa shape index (κ2) is 4.42. The fourth-order valence-electron chi connectivity index (χ4n) is 2.52. The van der Waals surface area contributed by atoms with E-state index in [1.54, 1.807) is 0 Å². The van der Waals surface area contributed by atoms with E-state index in [4.69, 9.17) is 0 Å². The summed E-state index contributed by atoms with van der Waals surface area (Å²) in [5, 5.41) is 3.43. The highest BCUT2D eigenvalue weighted by Crippen LogP contribution is 2.37. The van der Waals surface area contributed by atoms with Crippen LogP contribution in [-0.2, 0) is 0 Å². The lowest BCUT2D eigenvalue weighted by Crippen LogP contribution is -2.55. The zero-order valence-corrected chi connectivity index (χ0v) is 10.2. The molecule has 0 spiro atoms. The molecule has 2 nitrogen and oxygen atoms in total. The lowest BCUT2D eigenvalue weighted by molar-refractivity contribution is 0.0856. The van der Waals surface area contributed by atoms with Crippen molar-refractivity contribution in [3.63, 3.8) is 0 Å². The van der Waals surface area contributed by atoms with E-state index in [9.17, 15) is 0 Å². The molecule has 14 heavy (non-hydrogen) atoms. The summed E-state index contributed by atoms with van der Waals surface area (Å²) < 4.78 is 0. The number of rotatable bonds is 1. The van der Waals surface area contributed by atoms with Crippen LogP contribution in [0.5, 0.6) is 0 Å². The van der Waals surface area contributed by atoms with Gasteiger partial charge in [0, 0.05) is 38.0 Å². The average Bonchev–Trinajstić information content (AvgIpc) is 2.18. The molecule has 2 aliphatic heterocycles. The molecule has 2 saturated heterocycles. The lowest BCUT2D eigenvalue weighted by Gasteiger charge is -2.46. The molecule has 0 aromatic heterocycles.